The molecule has 120 valence electrons. The van der Waals surface area contributed by atoms with Crippen molar-refractivity contribution in [1.82, 2.24) is 14.9 Å². The van der Waals surface area contributed by atoms with E-state index < -0.39 is 11.9 Å². The van der Waals surface area contributed by atoms with Crippen LogP contribution < -0.4 is 0 Å². The second-order valence-electron chi connectivity index (χ2n) is 4.97. The van der Waals surface area contributed by atoms with Crippen molar-refractivity contribution in [3.05, 3.63) is 58.6 Å². The minimum absolute atomic E-state index is 0.0719. The van der Waals surface area contributed by atoms with Crippen LogP contribution in [0.2, 0.25) is 5.02 Å². The lowest BCUT2D eigenvalue weighted by Gasteiger charge is -2.22. The highest BCUT2D eigenvalue weighted by molar-refractivity contribution is 6.33. The average Bonchev–Trinajstić information content (AvgIpc) is 2.54. The molecule has 0 bridgehead atoms. The summed E-state index contributed by atoms with van der Waals surface area (Å²) in [6, 6.07) is 9.33. The maximum Gasteiger partial charge on any atom is 0.305 e. The number of rotatable bonds is 6. The van der Waals surface area contributed by atoms with Gasteiger partial charge in [0.25, 0.3) is 5.91 Å². The standard InChI is InChI=1S/C16H16ClN3O3/c1-11-18-9-13(17)15(19-11)16(23)20(8-7-14(21)22)10-12-5-3-2-4-6-12/h2-6,9H,7-8,10H2,1H3,(H,21,22). The first kappa shape index (κ1) is 16.9. The normalized spacial score (nSPS) is 10.3. The van der Waals surface area contributed by atoms with Gasteiger partial charge in [0.1, 0.15) is 5.82 Å². The van der Waals surface area contributed by atoms with E-state index in [1.807, 2.05) is 30.3 Å². The van der Waals surface area contributed by atoms with E-state index >= 15 is 0 Å². The van der Waals surface area contributed by atoms with Gasteiger partial charge >= 0.3 is 5.97 Å². The molecule has 0 radical (unpaired) electrons. The maximum absolute atomic E-state index is 12.7. The third-order valence-corrected chi connectivity index (χ3v) is 3.44. The zero-order valence-electron chi connectivity index (χ0n) is 12.6. The monoisotopic (exact) mass is 333 g/mol. The minimum Gasteiger partial charge on any atom is -0.481 e. The van der Waals surface area contributed by atoms with Gasteiger partial charge in [0.2, 0.25) is 0 Å². The number of carbonyl (C=O) groups is 2. The van der Waals surface area contributed by atoms with Crippen molar-refractivity contribution in [2.45, 2.75) is 19.9 Å². The molecule has 23 heavy (non-hydrogen) atoms. The number of aliphatic carboxylic acids is 1. The highest BCUT2D eigenvalue weighted by Crippen LogP contribution is 2.16. The number of hydrogen-bond donors (Lipinski definition) is 1. The molecule has 0 unspecified atom stereocenters. The Labute approximate surface area is 138 Å². The van der Waals surface area contributed by atoms with Crippen LogP contribution in [0, 0.1) is 6.92 Å². The Bertz CT molecular complexity index is 707. The maximum atomic E-state index is 12.7. The Kier molecular flexibility index (Phi) is 5.65. The van der Waals surface area contributed by atoms with E-state index in [1.165, 1.54) is 11.1 Å². The van der Waals surface area contributed by atoms with Gasteiger partial charge in [0.05, 0.1) is 17.6 Å². The van der Waals surface area contributed by atoms with E-state index in [0.717, 1.165) is 5.56 Å². The third-order valence-electron chi connectivity index (χ3n) is 3.17. The molecule has 0 saturated carbocycles. The van der Waals surface area contributed by atoms with Crippen molar-refractivity contribution < 1.29 is 14.7 Å². The largest absolute Gasteiger partial charge is 0.481 e. The molecule has 0 aliphatic rings. The molecule has 0 fully saturated rings. The van der Waals surface area contributed by atoms with Crippen molar-refractivity contribution >= 4 is 23.5 Å². The molecule has 2 aromatic rings. The number of benzene rings is 1. The number of halogens is 1. The van der Waals surface area contributed by atoms with Crippen LogP contribution in [0.25, 0.3) is 0 Å². The lowest BCUT2D eigenvalue weighted by atomic mass is 10.2. The summed E-state index contributed by atoms with van der Waals surface area (Å²) in [5.74, 6) is -0.956. The number of nitrogens with zero attached hydrogens (tertiary/aromatic N) is 3. The van der Waals surface area contributed by atoms with Crippen LogP contribution >= 0.6 is 11.6 Å². The molecule has 1 N–H and O–H groups in total. The van der Waals surface area contributed by atoms with Crippen LogP contribution in [-0.4, -0.2) is 38.4 Å². The smallest absolute Gasteiger partial charge is 0.305 e. The van der Waals surface area contributed by atoms with E-state index in [0.29, 0.717) is 5.82 Å². The molecule has 2 rings (SSSR count). The summed E-state index contributed by atoms with van der Waals surface area (Å²) in [6.45, 7) is 2.01. The SMILES string of the molecule is Cc1ncc(Cl)c(C(=O)N(CCC(=O)O)Cc2ccccc2)n1. The molecular weight excluding hydrogens is 318 g/mol. The summed E-state index contributed by atoms with van der Waals surface area (Å²) in [6.07, 6.45) is 1.22. The van der Waals surface area contributed by atoms with E-state index in [4.69, 9.17) is 16.7 Å². The Balaban J connectivity index is 2.26. The fraction of sp³-hybridized carbons (Fsp3) is 0.250. The Morgan fingerprint density at radius 2 is 1.96 bits per heavy atom. The number of carboxylic acid groups (broad SMARTS) is 1. The number of aryl methyl sites for hydroxylation is 1. The van der Waals surface area contributed by atoms with Gasteiger partial charge in [-0.05, 0) is 12.5 Å². The molecule has 0 aliphatic heterocycles. The lowest BCUT2D eigenvalue weighted by Crippen LogP contribution is -2.33. The van der Waals surface area contributed by atoms with Crippen LogP contribution in [0.4, 0.5) is 0 Å². The molecule has 0 spiro atoms. The number of hydrogen-bond acceptors (Lipinski definition) is 4. The fourth-order valence-corrected chi connectivity index (χ4v) is 2.21. The molecule has 7 heteroatoms. The van der Waals surface area contributed by atoms with Gasteiger partial charge in [-0.1, -0.05) is 41.9 Å². The van der Waals surface area contributed by atoms with Gasteiger partial charge in [-0.15, -0.1) is 0 Å². The van der Waals surface area contributed by atoms with Crippen LogP contribution in [-0.2, 0) is 11.3 Å². The summed E-state index contributed by atoms with van der Waals surface area (Å²) in [5, 5.41) is 9.04. The van der Waals surface area contributed by atoms with Crippen molar-refractivity contribution in [2.75, 3.05) is 6.54 Å². The fourth-order valence-electron chi connectivity index (χ4n) is 2.04. The van der Waals surface area contributed by atoms with Crippen molar-refractivity contribution in [2.24, 2.45) is 0 Å². The first-order chi connectivity index (χ1) is 11.0. The lowest BCUT2D eigenvalue weighted by molar-refractivity contribution is -0.137. The molecule has 1 heterocycles. The van der Waals surface area contributed by atoms with Gasteiger partial charge in [-0.2, -0.15) is 0 Å². The first-order valence-electron chi connectivity index (χ1n) is 7.01. The van der Waals surface area contributed by atoms with Crippen LogP contribution in [0.5, 0.6) is 0 Å². The van der Waals surface area contributed by atoms with Crippen LogP contribution in [0.15, 0.2) is 36.5 Å². The van der Waals surface area contributed by atoms with E-state index in [1.54, 1.807) is 6.92 Å². The topological polar surface area (TPSA) is 83.4 Å². The van der Waals surface area contributed by atoms with E-state index in [-0.39, 0.29) is 30.2 Å². The summed E-state index contributed by atoms with van der Waals surface area (Å²) in [4.78, 5) is 33.0. The molecule has 1 amide bonds. The highest BCUT2D eigenvalue weighted by atomic mass is 35.5. The highest BCUT2D eigenvalue weighted by Gasteiger charge is 2.21. The predicted octanol–water partition coefficient (Wildman–Crippen LogP) is 2.56. The molecule has 0 saturated heterocycles. The van der Waals surface area contributed by atoms with Crippen LogP contribution in [0.3, 0.4) is 0 Å². The summed E-state index contributed by atoms with van der Waals surface area (Å²) >= 11 is 6.01. The predicted molar refractivity (Wildman–Crippen MR) is 85.2 cm³/mol. The number of carbonyl (C=O) groups excluding carboxylic acids is 1. The Morgan fingerprint density at radius 3 is 2.61 bits per heavy atom. The number of amides is 1. The first-order valence-corrected chi connectivity index (χ1v) is 7.39. The molecule has 0 atom stereocenters. The molecule has 1 aromatic carbocycles. The van der Waals surface area contributed by atoms with Gasteiger partial charge in [-0.3, -0.25) is 9.59 Å². The zero-order chi connectivity index (χ0) is 16.8. The molecule has 1 aromatic heterocycles. The van der Waals surface area contributed by atoms with Gasteiger partial charge < -0.3 is 10.0 Å². The van der Waals surface area contributed by atoms with Gasteiger partial charge in [0, 0.05) is 13.1 Å². The quantitative estimate of drug-likeness (QED) is 0.878. The molecule has 6 nitrogen and oxygen atoms in total. The zero-order valence-corrected chi connectivity index (χ0v) is 13.3. The summed E-state index contributed by atoms with van der Waals surface area (Å²) in [5.41, 5.74) is 0.980. The Morgan fingerprint density at radius 1 is 1.26 bits per heavy atom. The molecular formula is C16H16ClN3O3. The van der Waals surface area contributed by atoms with Gasteiger partial charge in [0.15, 0.2) is 5.69 Å². The second kappa shape index (κ2) is 7.69. The Hall–Kier alpha value is -2.47. The van der Waals surface area contributed by atoms with Gasteiger partial charge in [-0.25, -0.2) is 9.97 Å². The summed E-state index contributed by atoms with van der Waals surface area (Å²) < 4.78 is 0. The summed E-state index contributed by atoms with van der Waals surface area (Å²) in [7, 11) is 0. The third kappa shape index (κ3) is 4.75. The second-order valence-corrected chi connectivity index (χ2v) is 5.38. The van der Waals surface area contributed by atoms with Crippen molar-refractivity contribution in [3.63, 3.8) is 0 Å². The minimum atomic E-state index is -0.971. The van der Waals surface area contributed by atoms with Crippen LogP contribution in [0.1, 0.15) is 28.3 Å². The average molecular weight is 334 g/mol. The molecule has 0 aliphatic carbocycles. The van der Waals surface area contributed by atoms with Crippen molar-refractivity contribution in [1.29, 1.82) is 0 Å². The van der Waals surface area contributed by atoms with Crippen molar-refractivity contribution in [3.8, 4) is 0 Å². The van der Waals surface area contributed by atoms with E-state index in [2.05, 4.69) is 9.97 Å². The van der Waals surface area contributed by atoms with E-state index in [9.17, 15) is 9.59 Å². The number of carboxylic acids is 1. The number of aromatic nitrogens is 2.